The van der Waals surface area contributed by atoms with E-state index in [1.165, 1.54) is 12.1 Å². The number of nitrogens with zero attached hydrogens (tertiary/aromatic N) is 3. The monoisotopic (exact) mass is 425 g/mol. The van der Waals surface area contributed by atoms with Crippen molar-refractivity contribution in [1.82, 2.24) is 14.8 Å². The van der Waals surface area contributed by atoms with Crippen molar-refractivity contribution in [3.63, 3.8) is 0 Å². The molecule has 8 heteroatoms. The summed E-state index contributed by atoms with van der Waals surface area (Å²) in [5, 5.41) is 0. The molecule has 1 saturated heterocycles. The Morgan fingerprint density at radius 1 is 1.23 bits per heavy atom. The van der Waals surface area contributed by atoms with Gasteiger partial charge in [0.2, 0.25) is 0 Å². The standard InChI is InChI=1S/C18H18BrF2N3O2/c19-14-3-4-16(26-18(20)21)15(10-14)17(25)24-8-6-23(7-9-24)12-13-2-1-5-22-11-13/h1-5,10-11,18H,6-9,12H2. The Kier molecular flexibility index (Phi) is 6.16. The number of pyridine rings is 1. The van der Waals surface area contributed by atoms with Crippen molar-refractivity contribution in [2.24, 2.45) is 0 Å². The van der Waals surface area contributed by atoms with E-state index in [2.05, 4.69) is 30.6 Å². The van der Waals surface area contributed by atoms with E-state index in [0.717, 1.165) is 12.1 Å². The number of hydrogen-bond donors (Lipinski definition) is 0. The van der Waals surface area contributed by atoms with Crippen LogP contribution in [0.3, 0.4) is 0 Å². The molecule has 26 heavy (non-hydrogen) atoms. The first-order chi connectivity index (χ1) is 12.5. The first-order valence-electron chi connectivity index (χ1n) is 8.18. The fraction of sp³-hybridized carbons (Fsp3) is 0.333. The number of amides is 1. The molecular weight excluding hydrogens is 408 g/mol. The summed E-state index contributed by atoms with van der Waals surface area (Å²) in [5.74, 6) is -0.408. The Labute approximate surface area is 158 Å². The van der Waals surface area contributed by atoms with Crippen LogP contribution >= 0.6 is 15.9 Å². The lowest BCUT2D eigenvalue weighted by Gasteiger charge is -2.35. The molecule has 0 radical (unpaired) electrons. The number of rotatable bonds is 5. The lowest BCUT2D eigenvalue weighted by atomic mass is 10.1. The van der Waals surface area contributed by atoms with E-state index in [9.17, 15) is 13.6 Å². The molecule has 1 amide bonds. The molecule has 1 aliphatic rings. The van der Waals surface area contributed by atoms with Crippen molar-refractivity contribution in [3.05, 3.63) is 58.3 Å². The molecule has 138 valence electrons. The van der Waals surface area contributed by atoms with Crippen LogP contribution in [0, 0.1) is 0 Å². The number of carbonyl (C=O) groups is 1. The molecule has 1 aromatic heterocycles. The molecule has 0 atom stereocenters. The number of ether oxygens (including phenoxy) is 1. The Bertz CT molecular complexity index is 753. The van der Waals surface area contributed by atoms with E-state index >= 15 is 0 Å². The minimum absolute atomic E-state index is 0.106. The Morgan fingerprint density at radius 3 is 2.65 bits per heavy atom. The van der Waals surface area contributed by atoms with E-state index in [-0.39, 0.29) is 17.2 Å². The minimum Gasteiger partial charge on any atom is -0.434 e. The highest BCUT2D eigenvalue weighted by molar-refractivity contribution is 9.10. The maximum Gasteiger partial charge on any atom is 0.387 e. The van der Waals surface area contributed by atoms with Crippen LogP contribution in [-0.2, 0) is 6.54 Å². The maximum absolute atomic E-state index is 12.8. The quantitative estimate of drug-likeness (QED) is 0.736. The van der Waals surface area contributed by atoms with E-state index in [0.29, 0.717) is 30.7 Å². The zero-order valence-electron chi connectivity index (χ0n) is 13.9. The van der Waals surface area contributed by atoms with Gasteiger partial charge in [-0.3, -0.25) is 14.7 Å². The minimum atomic E-state index is -2.97. The van der Waals surface area contributed by atoms with Crippen LogP contribution in [0.25, 0.3) is 0 Å². The van der Waals surface area contributed by atoms with E-state index in [1.807, 2.05) is 18.3 Å². The summed E-state index contributed by atoms with van der Waals surface area (Å²) >= 11 is 3.27. The predicted octanol–water partition coefficient (Wildman–Crippen LogP) is 3.40. The van der Waals surface area contributed by atoms with Gasteiger partial charge in [-0.1, -0.05) is 22.0 Å². The summed E-state index contributed by atoms with van der Waals surface area (Å²) in [6.07, 6.45) is 3.56. The SMILES string of the molecule is O=C(c1cc(Br)ccc1OC(F)F)N1CCN(Cc2cccnc2)CC1. The van der Waals surface area contributed by atoms with Crippen LogP contribution in [0.15, 0.2) is 47.2 Å². The van der Waals surface area contributed by atoms with Gasteiger partial charge in [-0.25, -0.2) is 0 Å². The van der Waals surface area contributed by atoms with Gasteiger partial charge in [0, 0.05) is 49.6 Å². The molecule has 0 unspecified atom stereocenters. The number of aromatic nitrogens is 1. The molecule has 0 saturated carbocycles. The Balaban J connectivity index is 1.64. The molecule has 0 spiro atoms. The van der Waals surface area contributed by atoms with E-state index in [4.69, 9.17) is 0 Å². The van der Waals surface area contributed by atoms with Crippen molar-refractivity contribution < 1.29 is 18.3 Å². The van der Waals surface area contributed by atoms with Crippen molar-refractivity contribution in [2.45, 2.75) is 13.2 Å². The molecule has 1 aliphatic heterocycles. The first-order valence-corrected chi connectivity index (χ1v) is 8.97. The van der Waals surface area contributed by atoms with Crippen LogP contribution in [0.5, 0.6) is 5.75 Å². The smallest absolute Gasteiger partial charge is 0.387 e. The third-order valence-corrected chi connectivity index (χ3v) is 4.67. The van der Waals surface area contributed by atoms with Crippen molar-refractivity contribution in [3.8, 4) is 5.75 Å². The van der Waals surface area contributed by atoms with Gasteiger partial charge in [0.05, 0.1) is 5.56 Å². The van der Waals surface area contributed by atoms with Gasteiger partial charge in [-0.2, -0.15) is 8.78 Å². The number of carbonyl (C=O) groups excluding carboxylic acids is 1. The molecule has 0 N–H and O–H groups in total. The predicted molar refractivity (Wildman–Crippen MR) is 96.2 cm³/mol. The van der Waals surface area contributed by atoms with Gasteiger partial charge in [-0.15, -0.1) is 0 Å². The molecule has 0 aliphatic carbocycles. The van der Waals surface area contributed by atoms with Crippen LogP contribution in [0.1, 0.15) is 15.9 Å². The molecule has 1 fully saturated rings. The van der Waals surface area contributed by atoms with Crippen LogP contribution < -0.4 is 4.74 Å². The molecule has 0 bridgehead atoms. The second-order valence-electron chi connectivity index (χ2n) is 5.95. The summed E-state index contributed by atoms with van der Waals surface area (Å²) in [6.45, 7) is 0.268. The summed E-state index contributed by atoms with van der Waals surface area (Å²) < 4.78 is 30.3. The fourth-order valence-corrected chi connectivity index (χ4v) is 3.26. The summed E-state index contributed by atoms with van der Waals surface area (Å²) in [7, 11) is 0. The molecule has 2 aromatic rings. The second kappa shape index (κ2) is 8.55. The number of hydrogen-bond acceptors (Lipinski definition) is 4. The zero-order chi connectivity index (χ0) is 18.5. The maximum atomic E-state index is 12.8. The van der Waals surface area contributed by atoms with Gasteiger partial charge in [-0.05, 0) is 29.8 Å². The average molecular weight is 426 g/mol. The average Bonchev–Trinajstić information content (AvgIpc) is 2.64. The Morgan fingerprint density at radius 2 is 2.00 bits per heavy atom. The molecule has 1 aromatic carbocycles. The highest BCUT2D eigenvalue weighted by atomic mass is 79.9. The first kappa shape index (κ1) is 18.7. The second-order valence-corrected chi connectivity index (χ2v) is 6.86. The number of piperazine rings is 1. The number of alkyl halides is 2. The molecule has 5 nitrogen and oxygen atoms in total. The van der Waals surface area contributed by atoms with E-state index < -0.39 is 6.61 Å². The molecule has 2 heterocycles. The lowest BCUT2D eigenvalue weighted by Crippen LogP contribution is -2.48. The van der Waals surface area contributed by atoms with E-state index in [1.54, 1.807) is 17.2 Å². The van der Waals surface area contributed by atoms with Gasteiger partial charge >= 0.3 is 6.61 Å². The topological polar surface area (TPSA) is 45.7 Å². The molecule has 3 rings (SSSR count). The third kappa shape index (κ3) is 4.76. The van der Waals surface area contributed by atoms with Crippen molar-refractivity contribution in [1.29, 1.82) is 0 Å². The van der Waals surface area contributed by atoms with Crippen molar-refractivity contribution in [2.75, 3.05) is 26.2 Å². The highest BCUT2D eigenvalue weighted by Crippen LogP contribution is 2.26. The highest BCUT2D eigenvalue weighted by Gasteiger charge is 2.25. The number of benzene rings is 1. The summed E-state index contributed by atoms with van der Waals surface area (Å²) in [5.41, 5.74) is 1.26. The van der Waals surface area contributed by atoms with Gasteiger partial charge < -0.3 is 9.64 Å². The fourth-order valence-electron chi connectivity index (χ4n) is 2.90. The summed E-state index contributed by atoms with van der Waals surface area (Å²) in [4.78, 5) is 20.8. The lowest BCUT2D eigenvalue weighted by molar-refractivity contribution is -0.0503. The Hall–Kier alpha value is -2.06. The summed E-state index contributed by atoms with van der Waals surface area (Å²) in [6, 6.07) is 8.37. The number of halogens is 3. The van der Waals surface area contributed by atoms with Gasteiger partial charge in [0.1, 0.15) is 5.75 Å². The van der Waals surface area contributed by atoms with Crippen molar-refractivity contribution >= 4 is 21.8 Å². The molecular formula is C18H18BrF2N3O2. The normalized spacial score (nSPS) is 15.3. The van der Waals surface area contributed by atoms with Crippen LogP contribution in [0.2, 0.25) is 0 Å². The largest absolute Gasteiger partial charge is 0.434 e. The third-order valence-electron chi connectivity index (χ3n) is 4.18. The van der Waals surface area contributed by atoms with Gasteiger partial charge in [0.15, 0.2) is 0 Å². The van der Waals surface area contributed by atoms with Crippen LogP contribution in [-0.4, -0.2) is 53.5 Å². The van der Waals surface area contributed by atoms with Crippen LogP contribution in [0.4, 0.5) is 8.78 Å². The van der Waals surface area contributed by atoms with Gasteiger partial charge in [0.25, 0.3) is 5.91 Å². The zero-order valence-corrected chi connectivity index (χ0v) is 15.5.